The van der Waals surface area contributed by atoms with E-state index in [1.165, 1.54) is 18.2 Å². The smallest absolute Gasteiger partial charge is 0.416 e. The van der Waals surface area contributed by atoms with Crippen LogP contribution in [0.25, 0.3) is 0 Å². The van der Waals surface area contributed by atoms with E-state index in [0.29, 0.717) is 12.1 Å². The van der Waals surface area contributed by atoms with Gasteiger partial charge in [0.2, 0.25) is 0 Å². The summed E-state index contributed by atoms with van der Waals surface area (Å²) in [6.07, 6.45) is -4.65. The van der Waals surface area contributed by atoms with Crippen molar-refractivity contribution in [3.8, 4) is 11.5 Å². The van der Waals surface area contributed by atoms with Crippen molar-refractivity contribution >= 4 is 5.97 Å². The molecule has 0 atom stereocenters. The van der Waals surface area contributed by atoms with Gasteiger partial charge in [-0.2, -0.15) is 13.2 Å². The van der Waals surface area contributed by atoms with E-state index < -0.39 is 29.3 Å². The lowest BCUT2D eigenvalue weighted by atomic mass is 10.2. The summed E-state index contributed by atoms with van der Waals surface area (Å²) in [6.45, 7) is 0. The van der Waals surface area contributed by atoms with Gasteiger partial charge < -0.3 is 9.84 Å². The third-order valence-corrected chi connectivity index (χ3v) is 2.57. The summed E-state index contributed by atoms with van der Waals surface area (Å²) in [5.74, 6) is -2.81. The molecular formula is C14H8F4O3. The molecule has 0 heterocycles. The zero-order valence-electron chi connectivity index (χ0n) is 10.3. The Kier molecular flexibility index (Phi) is 3.84. The number of rotatable bonds is 3. The monoisotopic (exact) mass is 300 g/mol. The van der Waals surface area contributed by atoms with Crippen LogP contribution >= 0.6 is 0 Å². The number of carboxylic acid groups (broad SMARTS) is 1. The lowest BCUT2D eigenvalue weighted by Crippen LogP contribution is -2.05. The van der Waals surface area contributed by atoms with Crippen molar-refractivity contribution < 1.29 is 32.2 Å². The van der Waals surface area contributed by atoms with Crippen molar-refractivity contribution in [3.05, 3.63) is 59.4 Å². The summed E-state index contributed by atoms with van der Waals surface area (Å²) in [7, 11) is 0. The second-order valence-electron chi connectivity index (χ2n) is 4.08. The van der Waals surface area contributed by atoms with E-state index in [-0.39, 0.29) is 11.3 Å². The van der Waals surface area contributed by atoms with E-state index in [2.05, 4.69) is 0 Å². The van der Waals surface area contributed by atoms with Gasteiger partial charge in [-0.3, -0.25) is 0 Å². The second-order valence-corrected chi connectivity index (χ2v) is 4.08. The van der Waals surface area contributed by atoms with Crippen LogP contribution in [0.4, 0.5) is 17.6 Å². The summed E-state index contributed by atoms with van der Waals surface area (Å²) < 4.78 is 55.8. The van der Waals surface area contributed by atoms with Crippen LogP contribution in [0.1, 0.15) is 15.9 Å². The highest BCUT2D eigenvalue weighted by Crippen LogP contribution is 2.33. The van der Waals surface area contributed by atoms with Gasteiger partial charge in [-0.25, -0.2) is 9.18 Å². The van der Waals surface area contributed by atoms with Crippen LogP contribution in [0.15, 0.2) is 42.5 Å². The highest BCUT2D eigenvalue weighted by Gasteiger charge is 2.31. The molecule has 110 valence electrons. The van der Waals surface area contributed by atoms with E-state index >= 15 is 0 Å². The maximum absolute atomic E-state index is 13.6. The first-order valence-electron chi connectivity index (χ1n) is 5.65. The highest BCUT2D eigenvalue weighted by atomic mass is 19.4. The third-order valence-electron chi connectivity index (χ3n) is 2.57. The maximum atomic E-state index is 13.6. The zero-order chi connectivity index (χ0) is 15.6. The molecule has 0 aliphatic carbocycles. The fraction of sp³-hybridized carbons (Fsp3) is 0.0714. The molecule has 3 nitrogen and oxygen atoms in total. The highest BCUT2D eigenvalue weighted by molar-refractivity contribution is 5.88. The number of hydrogen-bond acceptors (Lipinski definition) is 2. The minimum Gasteiger partial charge on any atom is -0.478 e. The van der Waals surface area contributed by atoms with Gasteiger partial charge in [0, 0.05) is 0 Å². The molecule has 0 fully saturated rings. The van der Waals surface area contributed by atoms with E-state index in [1.54, 1.807) is 0 Å². The van der Waals surface area contributed by atoms with Gasteiger partial charge in [-0.05, 0) is 36.4 Å². The van der Waals surface area contributed by atoms with Gasteiger partial charge in [0.1, 0.15) is 5.75 Å². The molecule has 0 aliphatic heterocycles. The molecular weight excluding hydrogens is 292 g/mol. The lowest BCUT2D eigenvalue weighted by molar-refractivity contribution is -0.137. The number of alkyl halides is 3. The molecule has 0 saturated carbocycles. The van der Waals surface area contributed by atoms with Gasteiger partial charge >= 0.3 is 12.1 Å². The SMILES string of the molecule is O=C(O)c1cccc(Oc2ccc(C(F)(F)F)cc2F)c1. The van der Waals surface area contributed by atoms with E-state index in [0.717, 1.165) is 12.1 Å². The number of hydrogen-bond donors (Lipinski definition) is 1. The van der Waals surface area contributed by atoms with Crippen molar-refractivity contribution in [2.75, 3.05) is 0 Å². The Bertz CT molecular complexity index is 680. The summed E-state index contributed by atoms with van der Waals surface area (Å²) in [5.41, 5.74) is -1.22. The molecule has 0 aromatic heterocycles. The molecule has 0 amide bonds. The average Bonchev–Trinajstić information content (AvgIpc) is 2.40. The number of benzene rings is 2. The Hall–Kier alpha value is -2.57. The van der Waals surface area contributed by atoms with Crippen LogP contribution in [0.3, 0.4) is 0 Å². The first-order chi connectivity index (χ1) is 9.77. The summed E-state index contributed by atoms with van der Waals surface area (Å²) >= 11 is 0. The minimum absolute atomic E-state index is 0.00792. The van der Waals surface area contributed by atoms with Crippen molar-refractivity contribution in [1.82, 2.24) is 0 Å². The molecule has 0 radical (unpaired) electrons. The molecule has 0 unspecified atom stereocenters. The fourth-order valence-corrected chi connectivity index (χ4v) is 1.58. The largest absolute Gasteiger partial charge is 0.478 e. The number of aromatic carboxylic acids is 1. The number of carboxylic acids is 1. The van der Waals surface area contributed by atoms with E-state index in [1.807, 2.05) is 0 Å². The van der Waals surface area contributed by atoms with Crippen LogP contribution in [0.2, 0.25) is 0 Å². The predicted octanol–water partition coefficient (Wildman–Crippen LogP) is 4.34. The Morgan fingerprint density at radius 3 is 2.38 bits per heavy atom. The van der Waals surface area contributed by atoms with E-state index in [4.69, 9.17) is 9.84 Å². The molecule has 0 bridgehead atoms. The van der Waals surface area contributed by atoms with Crippen LogP contribution in [0.5, 0.6) is 11.5 Å². The lowest BCUT2D eigenvalue weighted by Gasteiger charge is -2.10. The topological polar surface area (TPSA) is 46.5 Å². The standard InChI is InChI=1S/C14H8F4O3/c15-11-7-9(14(16,17)18)4-5-12(11)21-10-3-1-2-8(6-10)13(19)20/h1-7H,(H,19,20). The molecule has 1 N–H and O–H groups in total. The van der Waals surface area contributed by atoms with Crippen LogP contribution in [-0.2, 0) is 6.18 Å². The molecule has 2 rings (SSSR count). The van der Waals surface area contributed by atoms with Gasteiger partial charge in [-0.1, -0.05) is 6.07 Å². The Labute approximate surface area is 116 Å². The molecule has 2 aromatic rings. The average molecular weight is 300 g/mol. The molecule has 7 heteroatoms. The van der Waals surface area contributed by atoms with Crippen molar-refractivity contribution in [3.63, 3.8) is 0 Å². The second kappa shape index (κ2) is 5.43. The van der Waals surface area contributed by atoms with Gasteiger partial charge in [0.05, 0.1) is 11.1 Å². The summed E-state index contributed by atoms with van der Waals surface area (Å²) in [4.78, 5) is 10.8. The van der Waals surface area contributed by atoms with Gasteiger partial charge in [-0.15, -0.1) is 0 Å². The quantitative estimate of drug-likeness (QED) is 0.858. The number of halogens is 4. The van der Waals surface area contributed by atoms with Crippen molar-refractivity contribution in [2.45, 2.75) is 6.18 Å². The van der Waals surface area contributed by atoms with Gasteiger partial charge in [0.15, 0.2) is 11.6 Å². The van der Waals surface area contributed by atoms with Crippen LogP contribution < -0.4 is 4.74 Å². The fourth-order valence-electron chi connectivity index (χ4n) is 1.58. The minimum atomic E-state index is -4.65. The maximum Gasteiger partial charge on any atom is 0.416 e. The number of ether oxygens (including phenoxy) is 1. The molecule has 0 spiro atoms. The zero-order valence-corrected chi connectivity index (χ0v) is 10.3. The molecule has 21 heavy (non-hydrogen) atoms. The van der Waals surface area contributed by atoms with Gasteiger partial charge in [0.25, 0.3) is 0 Å². The molecule has 0 aliphatic rings. The van der Waals surface area contributed by atoms with E-state index in [9.17, 15) is 22.4 Å². The van der Waals surface area contributed by atoms with Crippen LogP contribution in [0, 0.1) is 5.82 Å². The Balaban J connectivity index is 2.28. The summed E-state index contributed by atoms with van der Waals surface area (Å²) in [6, 6.07) is 7.02. The number of carbonyl (C=O) groups is 1. The first kappa shape index (κ1) is 14.8. The van der Waals surface area contributed by atoms with Crippen LogP contribution in [-0.4, -0.2) is 11.1 Å². The first-order valence-corrected chi connectivity index (χ1v) is 5.65. The Morgan fingerprint density at radius 2 is 1.81 bits per heavy atom. The third kappa shape index (κ3) is 3.50. The summed E-state index contributed by atoms with van der Waals surface area (Å²) in [5, 5.41) is 8.80. The van der Waals surface area contributed by atoms with Crippen molar-refractivity contribution in [2.24, 2.45) is 0 Å². The van der Waals surface area contributed by atoms with Crippen molar-refractivity contribution in [1.29, 1.82) is 0 Å². The Morgan fingerprint density at radius 1 is 1.10 bits per heavy atom. The molecule has 2 aromatic carbocycles. The predicted molar refractivity (Wildman–Crippen MR) is 64.9 cm³/mol. The molecule has 0 saturated heterocycles. The normalized spacial score (nSPS) is 11.2.